The fourth-order valence-corrected chi connectivity index (χ4v) is 5.24. The second-order valence-corrected chi connectivity index (χ2v) is 8.28. The summed E-state index contributed by atoms with van der Waals surface area (Å²) in [6, 6.07) is 16.4. The molecular formula is C23H20N2O2S. The highest BCUT2D eigenvalue weighted by Crippen LogP contribution is 2.37. The first-order chi connectivity index (χ1) is 13.6. The molecule has 0 unspecified atom stereocenters. The first-order valence-corrected chi connectivity index (χ1v) is 10.4. The molecule has 0 bridgehead atoms. The fourth-order valence-electron chi connectivity index (χ4n) is 4.20. The summed E-state index contributed by atoms with van der Waals surface area (Å²) in [4.78, 5) is 17.7. The Balaban J connectivity index is 1.72. The number of carbonyl (C=O) groups is 1. The van der Waals surface area contributed by atoms with Gasteiger partial charge in [-0.2, -0.15) is 0 Å². The van der Waals surface area contributed by atoms with Gasteiger partial charge in [0.25, 0.3) is 0 Å². The molecule has 2 aromatic carbocycles. The Bertz CT molecular complexity index is 1200. The Morgan fingerprint density at radius 2 is 1.79 bits per heavy atom. The average Bonchev–Trinajstić information content (AvgIpc) is 3.25. The molecule has 1 aliphatic carbocycles. The van der Waals surface area contributed by atoms with E-state index in [1.165, 1.54) is 35.3 Å². The molecule has 4 aromatic rings. The summed E-state index contributed by atoms with van der Waals surface area (Å²) in [5, 5.41) is 9.73. The molecule has 5 heteroatoms. The Morgan fingerprint density at radius 3 is 2.54 bits per heavy atom. The Morgan fingerprint density at radius 1 is 1.04 bits per heavy atom. The van der Waals surface area contributed by atoms with Crippen molar-refractivity contribution in [1.29, 1.82) is 0 Å². The van der Waals surface area contributed by atoms with Crippen LogP contribution in [0.3, 0.4) is 0 Å². The number of aromatic carboxylic acids is 1. The van der Waals surface area contributed by atoms with E-state index < -0.39 is 5.97 Å². The molecule has 1 aliphatic rings. The van der Waals surface area contributed by atoms with Gasteiger partial charge in [-0.05, 0) is 49.8 Å². The third-order valence-corrected chi connectivity index (χ3v) is 6.60. The molecule has 0 aliphatic heterocycles. The van der Waals surface area contributed by atoms with Crippen LogP contribution in [0, 0.1) is 6.92 Å². The van der Waals surface area contributed by atoms with Gasteiger partial charge in [0.1, 0.15) is 4.88 Å². The molecule has 0 radical (unpaired) electrons. The van der Waals surface area contributed by atoms with Crippen molar-refractivity contribution in [3.8, 4) is 22.5 Å². The van der Waals surface area contributed by atoms with Gasteiger partial charge >= 0.3 is 5.97 Å². The van der Waals surface area contributed by atoms with Crippen molar-refractivity contribution in [2.45, 2.75) is 32.6 Å². The van der Waals surface area contributed by atoms with Crippen LogP contribution in [0.2, 0.25) is 0 Å². The lowest BCUT2D eigenvalue weighted by atomic mass is 9.90. The number of rotatable bonds is 3. The summed E-state index contributed by atoms with van der Waals surface area (Å²) < 4.78 is 2.00. The maximum atomic E-state index is 11.9. The molecule has 2 heterocycles. The minimum absolute atomic E-state index is 0.328. The minimum atomic E-state index is -0.913. The lowest BCUT2D eigenvalue weighted by Gasteiger charge is -2.16. The summed E-state index contributed by atoms with van der Waals surface area (Å²) in [6.07, 6.45) is 4.80. The third kappa shape index (κ3) is 2.66. The summed E-state index contributed by atoms with van der Waals surface area (Å²) in [7, 11) is 0. The molecule has 0 atom stereocenters. The zero-order valence-corrected chi connectivity index (χ0v) is 16.4. The zero-order chi connectivity index (χ0) is 19.3. The number of aryl methyl sites for hydroxylation is 3. The van der Waals surface area contributed by atoms with Gasteiger partial charge in [-0.15, -0.1) is 0 Å². The van der Waals surface area contributed by atoms with Gasteiger partial charge in [-0.3, -0.25) is 4.40 Å². The van der Waals surface area contributed by atoms with E-state index in [2.05, 4.69) is 18.2 Å². The van der Waals surface area contributed by atoms with Crippen molar-refractivity contribution in [1.82, 2.24) is 9.38 Å². The number of benzene rings is 2. The van der Waals surface area contributed by atoms with Crippen LogP contribution in [0.4, 0.5) is 0 Å². The molecule has 0 spiro atoms. The smallest absolute Gasteiger partial charge is 0.348 e. The molecule has 4 nitrogen and oxygen atoms in total. The monoisotopic (exact) mass is 388 g/mol. The number of aromatic nitrogens is 2. The highest BCUT2D eigenvalue weighted by Gasteiger charge is 2.24. The highest BCUT2D eigenvalue weighted by atomic mass is 32.1. The van der Waals surface area contributed by atoms with Crippen LogP contribution in [-0.2, 0) is 12.8 Å². The maximum absolute atomic E-state index is 11.9. The van der Waals surface area contributed by atoms with Gasteiger partial charge in [0, 0.05) is 16.8 Å². The SMILES string of the molecule is Cc1c(-c2ccc3c(c2)CCCC3)nc2sc(C(=O)O)c(-c3ccccc3)n12. The van der Waals surface area contributed by atoms with Crippen LogP contribution < -0.4 is 0 Å². The molecule has 140 valence electrons. The first-order valence-electron chi connectivity index (χ1n) is 9.56. The van der Waals surface area contributed by atoms with Crippen molar-refractivity contribution in [3.05, 3.63) is 70.2 Å². The van der Waals surface area contributed by atoms with E-state index in [4.69, 9.17) is 4.98 Å². The van der Waals surface area contributed by atoms with Crippen molar-refractivity contribution in [2.24, 2.45) is 0 Å². The van der Waals surface area contributed by atoms with Crippen LogP contribution in [0.1, 0.15) is 39.3 Å². The number of imidazole rings is 1. The molecule has 28 heavy (non-hydrogen) atoms. The molecule has 1 N–H and O–H groups in total. The summed E-state index contributed by atoms with van der Waals surface area (Å²) in [5.74, 6) is -0.913. The minimum Gasteiger partial charge on any atom is -0.477 e. The van der Waals surface area contributed by atoms with E-state index in [1.54, 1.807) is 0 Å². The lowest BCUT2D eigenvalue weighted by molar-refractivity contribution is 0.0702. The molecule has 0 amide bonds. The lowest BCUT2D eigenvalue weighted by Crippen LogP contribution is -2.02. The van der Waals surface area contributed by atoms with Crippen LogP contribution in [-0.4, -0.2) is 20.5 Å². The summed E-state index contributed by atoms with van der Waals surface area (Å²) in [5.41, 5.74) is 7.51. The van der Waals surface area contributed by atoms with Gasteiger partial charge in [0.2, 0.25) is 0 Å². The average molecular weight is 388 g/mol. The predicted molar refractivity (Wildman–Crippen MR) is 112 cm³/mol. The number of hydrogen-bond donors (Lipinski definition) is 1. The Labute approximate surface area is 167 Å². The highest BCUT2D eigenvalue weighted by molar-refractivity contribution is 7.19. The van der Waals surface area contributed by atoms with Crippen molar-refractivity contribution < 1.29 is 9.90 Å². The van der Waals surface area contributed by atoms with E-state index in [-0.39, 0.29) is 0 Å². The number of hydrogen-bond acceptors (Lipinski definition) is 3. The van der Waals surface area contributed by atoms with Gasteiger partial charge in [0.15, 0.2) is 4.96 Å². The Hall–Kier alpha value is -2.92. The number of carboxylic acids is 1. The topological polar surface area (TPSA) is 54.6 Å². The largest absolute Gasteiger partial charge is 0.477 e. The standard InChI is InChI=1S/C23H20N2O2S/c1-14-19(18-12-11-15-7-5-6-10-17(15)13-18)24-23-25(14)20(21(28-23)22(26)27)16-8-3-2-4-9-16/h2-4,8-9,11-13H,5-7,10H2,1H3,(H,26,27). The van der Waals surface area contributed by atoms with Gasteiger partial charge in [-0.1, -0.05) is 53.8 Å². The predicted octanol–water partition coefficient (Wildman–Crippen LogP) is 5.62. The van der Waals surface area contributed by atoms with Crippen molar-refractivity contribution in [3.63, 3.8) is 0 Å². The van der Waals surface area contributed by atoms with E-state index in [0.29, 0.717) is 10.6 Å². The number of fused-ring (bicyclic) bond motifs is 2. The van der Waals surface area contributed by atoms with E-state index in [9.17, 15) is 9.90 Å². The molecule has 0 fully saturated rings. The molecule has 0 saturated heterocycles. The second kappa shape index (κ2) is 6.60. The van der Waals surface area contributed by atoms with E-state index >= 15 is 0 Å². The number of thiazole rings is 1. The molecule has 2 aromatic heterocycles. The van der Waals surface area contributed by atoms with Crippen LogP contribution in [0.25, 0.3) is 27.5 Å². The number of carboxylic acid groups (broad SMARTS) is 1. The Kier molecular flexibility index (Phi) is 4.05. The number of nitrogens with zero attached hydrogens (tertiary/aromatic N) is 2. The second-order valence-electron chi connectivity index (χ2n) is 7.31. The normalized spacial score (nSPS) is 13.6. The third-order valence-electron chi connectivity index (χ3n) is 5.57. The van der Waals surface area contributed by atoms with Crippen molar-refractivity contribution in [2.75, 3.05) is 0 Å². The first kappa shape index (κ1) is 17.2. The van der Waals surface area contributed by atoms with Crippen LogP contribution >= 0.6 is 11.3 Å². The van der Waals surface area contributed by atoms with Gasteiger partial charge in [-0.25, -0.2) is 9.78 Å². The molecule has 5 rings (SSSR count). The summed E-state index contributed by atoms with van der Waals surface area (Å²) >= 11 is 1.24. The quantitative estimate of drug-likeness (QED) is 0.496. The van der Waals surface area contributed by atoms with Crippen molar-refractivity contribution >= 4 is 22.3 Å². The maximum Gasteiger partial charge on any atom is 0.348 e. The fraction of sp³-hybridized carbons (Fsp3) is 0.217. The summed E-state index contributed by atoms with van der Waals surface area (Å²) in [6.45, 7) is 2.03. The zero-order valence-electron chi connectivity index (χ0n) is 15.6. The molecular weight excluding hydrogens is 368 g/mol. The van der Waals surface area contributed by atoms with Crippen LogP contribution in [0.5, 0.6) is 0 Å². The van der Waals surface area contributed by atoms with Crippen LogP contribution in [0.15, 0.2) is 48.5 Å². The molecule has 0 saturated carbocycles. The van der Waals surface area contributed by atoms with E-state index in [0.717, 1.165) is 40.3 Å². The van der Waals surface area contributed by atoms with Gasteiger partial charge in [0.05, 0.1) is 11.4 Å². The van der Waals surface area contributed by atoms with E-state index in [1.807, 2.05) is 41.7 Å². The van der Waals surface area contributed by atoms with Gasteiger partial charge < -0.3 is 5.11 Å².